The van der Waals surface area contributed by atoms with Crippen LogP contribution in [0.15, 0.2) is 48.5 Å². The van der Waals surface area contributed by atoms with Crippen LogP contribution in [0.1, 0.15) is 11.4 Å². The van der Waals surface area contributed by atoms with Gasteiger partial charge in [-0.1, -0.05) is 35.6 Å². The molecule has 6 heteroatoms. The second kappa shape index (κ2) is 6.06. The molecule has 4 aromatic rings. The van der Waals surface area contributed by atoms with E-state index in [4.69, 9.17) is 0 Å². The van der Waals surface area contributed by atoms with E-state index in [-0.39, 0.29) is 5.91 Å². The Labute approximate surface area is 140 Å². The zero-order valence-corrected chi connectivity index (χ0v) is 13.8. The number of carbonyl (C=O) groups is 1. The highest BCUT2D eigenvalue weighted by molar-refractivity contribution is 7.22. The molecule has 0 aliphatic carbocycles. The lowest BCUT2D eigenvalue weighted by Gasteiger charge is -1.99. The number of nitrogens with zero attached hydrogens (tertiary/aromatic N) is 2. The molecule has 0 fully saturated rings. The number of rotatable bonds is 4. The average Bonchev–Trinajstić information content (AvgIpc) is 3.15. The largest absolute Gasteiger partial charge is 0.302 e. The van der Waals surface area contributed by atoms with Gasteiger partial charge in [-0.05, 0) is 24.3 Å². The summed E-state index contributed by atoms with van der Waals surface area (Å²) >= 11 is 3.14. The monoisotopic (exact) mass is 339 g/mol. The molecule has 114 valence electrons. The van der Waals surface area contributed by atoms with Crippen LogP contribution in [0.5, 0.6) is 0 Å². The van der Waals surface area contributed by atoms with Gasteiger partial charge in [-0.3, -0.25) is 4.79 Å². The van der Waals surface area contributed by atoms with Crippen LogP contribution >= 0.6 is 22.7 Å². The molecule has 0 atom stereocenters. The van der Waals surface area contributed by atoms with E-state index in [0.717, 1.165) is 25.4 Å². The van der Waals surface area contributed by atoms with Gasteiger partial charge in [0.1, 0.15) is 0 Å². The van der Waals surface area contributed by atoms with Crippen LogP contribution in [0.25, 0.3) is 20.4 Å². The lowest BCUT2D eigenvalue weighted by Crippen LogP contribution is -2.11. The molecule has 4 rings (SSSR count). The van der Waals surface area contributed by atoms with Crippen LogP contribution < -0.4 is 5.32 Å². The maximum Gasteiger partial charge on any atom is 0.226 e. The van der Waals surface area contributed by atoms with E-state index >= 15 is 0 Å². The lowest BCUT2D eigenvalue weighted by atomic mass is 10.3. The Bertz CT molecular complexity index is 924. The van der Waals surface area contributed by atoms with Crippen molar-refractivity contribution in [3.63, 3.8) is 0 Å². The Morgan fingerprint density at radius 1 is 0.913 bits per heavy atom. The van der Waals surface area contributed by atoms with Gasteiger partial charge in [0.15, 0.2) is 5.13 Å². The minimum atomic E-state index is -0.0247. The van der Waals surface area contributed by atoms with Crippen molar-refractivity contribution >= 4 is 54.1 Å². The molecule has 0 spiro atoms. The smallest absolute Gasteiger partial charge is 0.226 e. The summed E-state index contributed by atoms with van der Waals surface area (Å²) in [6.07, 6.45) is 1.06. The van der Waals surface area contributed by atoms with E-state index in [1.807, 2.05) is 42.5 Å². The minimum absolute atomic E-state index is 0.0247. The van der Waals surface area contributed by atoms with Gasteiger partial charge in [0.2, 0.25) is 5.91 Å². The molecule has 2 aromatic heterocycles. The molecule has 2 heterocycles. The molecule has 1 amide bonds. The summed E-state index contributed by atoms with van der Waals surface area (Å²) in [6.45, 7) is 0. The van der Waals surface area contributed by atoms with Crippen molar-refractivity contribution in [1.29, 1.82) is 0 Å². The first-order valence-electron chi connectivity index (χ1n) is 7.28. The molecular weight excluding hydrogens is 326 g/mol. The second-order valence-electron chi connectivity index (χ2n) is 5.11. The van der Waals surface area contributed by atoms with E-state index in [0.29, 0.717) is 18.0 Å². The van der Waals surface area contributed by atoms with E-state index in [9.17, 15) is 4.79 Å². The number of nitrogens with one attached hydrogen (secondary N) is 1. The Hall–Kier alpha value is -2.31. The number of thiazole rings is 2. The predicted octanol–water partition coefficient (Wildman–Crippen LogP) is 4.48. The fraction of sp³-hybridized carbons (Fsp3) is 0.118. The van der Waals surface area contributed by atoms with Crippen LogP contribution in [-0.2, 0) is 11.2 Å². The van der Waals surface area contributed by atoms with Crippen LogP contribution in [0.4, 0.5) is 5.13 Å². The SMILES string of the molecule is O=C(CCc1nc2ccccc2s1)Nc1nc2ccccc2s1. The first-order chi connectivity index (χ1) is 11.3. The van der Waals surface area contributed by atoms with E-state index in [1.165, 1.54) is 11.3 Å². The van der Waals surface area contributed by atoms with Crippen molar-refractivity contribution in [3.8, 4) is 0 Å². The second-order valence-corrected chi connectivity index (χ2v) is 7.26. The topological polar surface area (TPSA) is 54.9 Å². The quantitative estimate of drug-likeness (QED) is 0.596. The van der Waals surface area contributed by atoms with Gasteiger partial charge in [0.25, 0.3) is 0 Å². The molecule has 0 radical (unpaired) electrons. The van der Waals surface area contributed by atoms with Crippen molar-refractivity contribution in [2.24, 2.45) is 0 Å². The number of hydrogen-bond donors (Lipinski definition) is 1. The summed E-state index contributed by atoms with van der Waals surface area (Å²) in [7, 11) is 0. The zero-order chi connectivity index (χ0) is 15.6. The molecule has 23 heavy (non-hydrogen) atoms. The zero-order valence-electron chi connectivity index (χ0n) is 12.2. The number of aryl methyl sites for hydroxylation is 1. The minimum Gasteiger partial charge on any atom is -0.302 e. The molecule has 0 saturated heterocycles. The third-order valence-corrected chi connectivity index (χ3v) is 5.49. The van der Waals surface area contributed by atoms with Gasteiger partial charge in [-0.2, -0.15) is 0 Å². The van der Waals surface area contributed by atoms with Crippen LogP contribution in [0.2, 0.25) is 0 Å². The van der Waals surface area contributed by atoms with Gasteiger partial charge in [-0.15, -0.1) is 11.3 Å². The number of hydrogen-bond acceptors (Lipinski definition) is 5. The van der Waals surface area contributed by atoms with Crippen LogP contribution in [0, 0.1) is 0 Å². The molecular formula is C17H13N3OS2. The number of para-hydroxylation sites is 2. The highest BCUT2D eigenvalue weighted by atomic mass is 32.1. The van der Waals surface area contributed by atoms with Crippen molar-refractivity contribution in [2.45, 2.75) is 12.8 Å². The summed E-state index contributed by atoms with van der Waals surface area (Å²) in [5.41, 5.74) is 1.91. The molecule has 0 aliphatic heterocycles. The maximum atomic E-state index is 12.1. The number of benzene rings is 2. The standard InChI is InChI=1S/C17H13N3OS2/c21-15(20-17-19-12-6-2-4-8-14(12)23-17)9-10-16-18-11-5-1-3-7-13(11)22-16/h1-8H,9-10H2,(H,19,20,21). The van der Waals surface area contributed by atoms with Gasteiger partial charge in [0.05, 0.1) is 25.4 Å². The first kappa shape index (κ1) is 14.3. The van der Waals surface area contributed by atoms with Crippen molar-refractivity contribution in [1.82, 2.24) is 9.97 Å². The molecule has 4 nitrogen and oxygen atoms in total. The lowest BCUT2D eigenvalue weighted by molar-refractivity contribution is -0.116. The predicted molar refractivity (Wildman–Crippen MR) is 96.2 cm³/mol. The van der Waals surface area contributed by atoms with E-state index in [1.54, 1.807) is 11.3 Å². The summed E-state index contributed by atoms with van der Waals surface area (Å²) in [4.78, 5) is 21.1. The molecule has 2 aromatic carbocycles. The van der Waals surface area contributed by atoms with Crippen molar-refractivity contribution in [3.05, 3.63) is 53.5 Å². The molecule has 0 saturated carbocycles. The highest BCUT2D eigenvalue weighted by Gasteiger charge is 2.09. The number of aromatic nitrogens is 2. The third-order valence-electron chi connectivity index (χ3n) is 3.44. The van der Waals surface area contributed by atoms with Gasteiger partial charge in [-0.25, -0.2) is 9.97 Å². The summed E-state index contributed by atoms with van der Waals surface area (Å²) < 4.78 is 2.24. The maximum absolute atomic E-state index is 12.1. The number of amides is 1. The number of carbonyl (C=O) groups excluding carboxylic acids is 1. The summed E-state index contributed by atoms with van der Waals surface area (Å²) in [6, 6.07) is 15.9. The van der Waals surface area contributed by atoms with E-state index in [2.05, 4.69) is 21.4 Å². The summed E-state index contributed by atoms with van der Waals surface area (Å²) in [5, 5.41) is 4.53. The Kier molecular flexibility index (Phi) is 3.77. The Morgan fingerprint density at radius 2 is 1.57 bits per heavy atom. The third kappa shape index (κ3) is 3.09. The fourth-order valence-corrected chi connectivity index (χ4v) is 4.20. The van der Waals surface area contributed by atoms with Crippen molar-refractivity contribution in [2.75, 3.05) is 5.32 Å². The molecule has 1 N–H and O–H groups in total. The summed E-state index contributed by atoms with van der Waals surface area (Å²) in [5.74, 6) is -0.0247. The molecule has 0 aliphatic rings. The Morgan fingerprint density at radius 3 is 2.26 bits per heavy atom. The normalized spacial score (nSPS) is 11.1. The Balaban J connectivity index is 1.41. The van der Waals surface area contributed by atoms with Gasteiger partial charge in [0, 0.05) is 12.8 Å². The van der Waals surface area contributed by atoms with Crippen LogP contribution in [0.3, 0.4) is 0 Å². The number of anilines is 1. The first-order valence-corrected chi connectivity index (χ1v) is 8.91. The fourth-order valence-electron chi connectivity index (χ4n) is 2.35. The highest BCUT2D eigenvalue weighted by Crippen LogP contribution is 2.26. The van der Waals surface area contributed by atoms with Crippen LogP contribution in [-0.4, -0.2) is 15.9 Å². The van der Waals surface area contributed by atoms with Gasteiger partial charge >= 0.3 is 0 Å². The molecule has 0 unspecified atom stereocenters. The van der Waals surface area contributed by atoms with E-state index < -0.39 is 0 Å². The van der Waals surface area contributed by atoms with Gasteiger partial charge < -0.3 is 5.32 Å². The average molecular weight is 339 g/mol. The molecule has 0 bridgehead atoms. The van der Waals surface area contributed by atoms with Crippen molar-refractivity contribution < 1.29 is 4.79 Å². The number of fused-ring (bicyclic) bond motifs is 2.